The normalized spacial score (nSPS) is 11.9. The molecule has 0 aromatic heterocycles. The zero-order valence-electron chi connectivity index (χ0n) is 14.8. The van der Waals surface area contributed by atoms with Gasteiger partial charge in [-0.15, -0.1) is 0 Å². The van der Waals surface area contributed by atoms with Crippen LogP contribution in [0.5, 0.6) is 5.75 Å². The van der Waals surface area contributed by atoms with Gasteiger partial charge in [0, 0.05) is 14.5 Å². The number of nitrogens with one attached hydrogen (secondary N) is 2. The summed E-state index contributed by atoms with van der Waals surface area (Å²) in [6.45, 7) is 3.92. The number of ether oxygens (including phenoxy) is 1. The number of anilines is 1. The molecule has 0 fully saturated rings. The van der Waals surface area contributed by atoms with Crippen LogP contribution in [-0.4, -0.2) is 24.6 Å². The highest BCUT2D eigenvalue weighted by Gasteiger charge is 2.21. The first kappa shape index (κ1) is 21.1. The third-order valence-electron chi connectivity index (χ3n) is 3.57. The monoisotopic (exact) mass is 495 g/mol. The highest BCUT2D eigenvalue weighted by atomic mass is 79.9. The lowest BCUT2D eigenvalue weighted by atomic mass is 10.1. The lowest BCUT2D eigenvalue weighted by Gasteiger charge is -2.12. The van der Waals surface area contributed by atoms with E-state index in [1.807, 2.05) is 31.2 Å². The maximum Gasteiger partial charge on any atom is 0.252 e. The van der Waals surface area contributed by atoms with E-state index in [9.17, 15) is 9.59 Å². The Morgan fingerprint density at radius 1 is 1.19 bits per heavy atom. The molecule has 0 aliphatic carbocycles. The third kappa shape index (κ3) is 6.18. The van der Waals surface area contributed by atoms with Crippen molar-refractivity contribution in [2.75, 3.05) is 11.9 Å². The zero-order valence-corrected chi connectivity index (χ0v) is 18.0. The molecule has 8 heteroatoms. The van der Waals surface area contributed by atoms with Crippen molar-refractivity contribution in [3.05, 3.63) is 57.0 Å². The fraction of sp³-hybridized carbons (Fsp3) is 0.211. The van der Waals surface area contributed by atoms with Crippen molar-refractivity contribution in [1.82, 2.24) is 5.43 Å². The second kappa shape index (κ2) is 10.2. The Morgan fingerprint density at radius 3 is 2.63 bits per heavy atom. The number of carbonyl (C=O) groups is 2. The summed E-state index contributed by atoms with van der Waals surface area (Å²) in [4.78, 5) is 24.4. The predicted octanol–water partition coefficient (Wildman–Crippen LogP) is 4.34. The molecule has 0 bridgehead atoms. The zero-order chi connectivity index (χ0) is 19.8. The molecule has 0 aliphatic heterocycles. The molecule has 2 aromatic carbocycles. The molecule has 1 unspecified atom stereocenters. The molecule has 0 aliphatic rings. The molecule has 2 aromatic rings. The second-order valence-corrected chi connectivity index (χ2v) is 7.31. The molecule has 6 nitrogen and oxygen atoms in total. The fourth-order valence-electron chi connectivity index (χ4n) is 2.09. The smallest absolute Gasteiger partial charge is 0.252 e. The van der Waals surface area contributed by atoms with Gasteiger partial charge in [-0.3, -0.25) is 9.59 Å². The average molecular weight is 497 g/mol. The van der Waals surface area contributed by atoms with Crippen LogP contribution in [-0.2, 0) is 9.59 Å². The van der Waals surface area contributed by atoms with Crippen LogP contribution < -0.4 is 15.5 Å². The van der Waals surface area contributed by atoms with Gasteiger partial charge in [-0.25, -0.2) is 5.43 Å². The fourth-order valence-corrected chi connectivity index (χ4v) is 2.85. The van der Waals surface area contributed by atoms with E-state index in [4.69, 9.17) is 4.74 Å². The Balaban J connectivity index is 1.98. The van der Waals surface area contributed by atoms with Gasteiger partial charge in [0.25, 0.3) is 5.91 Å². The van der Waals surface area contributed by atoms with Crippen LogP contribution in [0.15, 0.2) is 56.5 Å². The Labute approximate surface area is 174 Å². The molecule has 0 spiro atoms. The SMILES string of the molecule is CCOc1ccc(Br)cc1C=NNC(=O)C(C)C(=O)Nc1ccccc1Br. The first-order valence-electron chi connectivity index (χ1n) is 8.23. The van der Waals surface area contributed by atoms with Crippen LogP contribution in [0.4, 0.5) is 5.69 Å². The third-order valence-corrected chi connectivity index (χ3v) is 4.75. The highest BCUT2D eigenvalue weighted by molar-refractivity contribution is 9.10. The topological polar surface area (TPSA) is 79.8 Å². The van der Waals surface area contributed by atoms with E-state index in [2.05, 4.69) is 47.7 Å². The van der Waals surface area contributed by atoms with Gasteiger partial charge in [-0.2, -0.15) is 5.10 Å². The van der Waals surface area contributed by atoms with Gasteiger partial charge in [-0.1, -0.05) is 28.1 Å². The Morgan fingerprint density at radius 2 is 1.93 bits per heavy atom. The second-order valence-electron chi connectivity index (χ2n) is 5.54. The van der Waals surface area contributed by atoms with Crippen molar-refractivity contribution in [1.29, 1.82) is 0 Å². The predicted molar refractivity (Wildman–Crippen MR) is 113 cm³/mol. The summed E-state index contributed by atoms with van der Waals surface area (Å²) in [7, 11) is 0. The number of hydrazone groups is 1. The maximum absolute atomic E-state index is 12.3. The lowest BCUT2D eigenvalue weighted by molar-refractivity contribution is -0.131. The van der Waals surface area contributed by atoms with E-state index in [0.717, 1.165) is 8.95 Å². The number of rotatable bonds is 7. The number of halogens is 2. The summed E-state index contributed by atoms with van der Waals surface area (Å²) in [6, 6.07) is 12.7. The minimum atomic E-state index is -0.914. The molecule has 0 saturated carbocycles. The molecule has 2 N–H and O–H groups in total. The highest BCUT2D eigenvalue weighted by Crippen LogP contribution is 2.22. The van der Waals surface area contributed by atoms with Crippen molar-refractivity contribution in [3.8, 4) is 5.75 Å². The van der Waals surface area contributed by atoms with Crippen molar-refractivity contribution < 1.29 is 14.3 Å². The van der Waals surface area contributed by atoms with E-state index in [1.165, 1.54) is 13.1 Å². The van der Waals surface area contributed by atoms with E-state index in [1.54, 1.807) is 18.2 Å². The van der Waals surface area contributed by atoms with Crippen LogP contribution in [0.25, 0.3) is 0 Å². The molecule has 0 radical (unpaired) electrons. The van der Waals surface area contributed by atoms with E-state index >= 15 is 0 Å². The summed E-state index contributed by atoms with van der Waals surface area (Å²) < 4.78 is 7.12. The molecule has 1 atom stereocenters. The van der Waals surface area contributed by atoms with Gasteiger partial charge in [0.15, 0.2) is 0 Å². The standard InChI is InChI=1S/C19H19Br2N3O3/c1-3-27-17-9-8-14(20)10-13(17)11-22-24-19(26)12(2)18(25)23-16-7-5-4-6-15(16)21/h4-12H,3H2,1-2H3,(H,23,25)(H,24,26). The van der Waals surface area contributed by atoms with Crippen molar-refractivity contribution >= 4 is 55.6 Å². The average Bonchev–Trinajstić information content (AvgIpc) is 2.65. The lowest BCUT2D eigenvalue weighted by Crippen LogP contribution is -2.34. The number of nitrogens with zero attached hydrogens (tertiary/aromatic N) is 1. The minimum absolute atomic E-state index is 0.424. The number of hydrogen-bond acceptors (Lipinski definition) is 4. The number of amides is 2. The molecule has 0 saturated heterocycles. The summed E-state index contributed by atoms with van der Waals surface area (Å²) in [5, 5.41) is 6.65. The Kier molecular flexibility index (Phi) is 7.99. The van der Waals surface area contributed by atoms with Crippen molar-refractivity contribution in [2.24, 2.45) is 11.0 Å². The van der Waals surface area contributed by atoms with Crippen molar-refractivity contribution in [3.63, 3.8) is 0 Å². The minimum Gasteiger partial charge on any atom is -0.493 e. The van der Waals surface area contributed by atoms with Crippen LogP contribution in [0, 0.1) is 5.92 Å². The number of benzene rings is 2. The van der Waals surface area contributed by atoms with Gasteiger partial charge in [-0.05, 0) is 60.1 Å². The van der Waals surface area contributed by atoms with Gasteiger partial charge in [0.1, 0.15) is 11.7 Å². The maximum atomic E-state index is 12.3. The van der Waals surface area contributed by atoms with E-state index in [-0.39, 0.29) is 0 Å². The van der Waals surface area contributed by atoms with Crippen LogP contribution in [0.3, 0.4) is 0 Å². The molecule has 0 heterocycles. The van der Waals surface area contributed by atoms with Gasteiger partial charge >= 0.3 is 0 Å². The first-order chi connectivity index (χ1) is 12.9. The first-order valence-corrected chi connectivity index (χ1v) is 9.81. The molecule has 142 valence electrons. The van der Waals surface area contributed by atoms with Gasteiger partial charge in [0.05, 0.1) is 18.5 Å². The molecule has 2 amide bonds. The quantitative estimate of drug-likeness (QED) is 0.340. The molecule has 2 rings (SSSR count). The summed E-state index contributed by atoms with van der Waals surface area (Å²) in [5.74, 6) is -1.20. The van der Waals surface area contributed by atoms with Gasteiger partial charge < -0.3 is 10.1 Å². The molecular weight excluding hydrogens is 478 g/mol. The summed E-state index contributed by atoms with van der Waals surface area (Å²) in [6.07, 6.45) is 1.48. The largest absolute Gasteiger partial charge is 0.493 e. The number of para-hydroxylation sites is 1. The van der Waals surface area contributed by atoms with E-state index < -0.39 is 17.7 Å². The molecule has 27 heavy (non-hydrogen) atoms. The van der Waals surface area contributed by atoms with Crippen molar-refractivity contribution in [2.45, 2.75) is 13.8 Å². The van der Waals surface area contributed by atoms with Crippen LogP contribution in [0.2, 0.25) is 0 Å². The van der Waals surface area contributed by atoms with Crippen LogP contribution >= 0.6 is 31.9 Å². The number of hydrogen-bond donors (Lipinski definition) is 2. The van der Waals surface area contributed by atoms with Crippen LogP contribution in [0.1, 0.15) is 19.4 Å². The number of carbonyl (C=O) groups excluding carboxylic acids is 2. The van der Waals surface area contributed by atoms with E-state index in [0.29, 0.717) is 23.6 Å². The molecular formula is C19H19Br2N3O3. The van der Waals surface area contributed by atoms with Gasteiger partial charge in [0.2, 0.25) is 5.91 Å². The summed E-state index contributed by atoms with van der Waals surface area (Å²) >= 11 is 6.74. The summed E-state index contributed by atoms with van der Waals surface area (Å²) in [5.41, 5.74) is 3.69. The Hall–Kier alpha value is -2.19. The Bertz CT molecular complexity index is 856.